The fourth-order valence-electron chi connectivity index (χ4n) is 12.0. The number of hydrogen-bond donors (Lipinski definition) is 0. The summed E-state index contributed by atoms with van der Waals surface area (Å²) in [5.41, 5.74) is 0.550. The van der Waals surface area contributed by atoms with Gasteiger partial charge in [-0.1, -0.05) is 120 Å². The van der Waals surface area contributed by atoms with Gasteiger partial charge < -0.3 is 66.4 Å². The van der Waals surface area contributed by atoms with Crippen LogP contribution in [0.2, 0.25) is 0 Å². The third-order valence-corrected chi connectivity index (χ3v) is 15.9. The van der Waals surface area contributed by atoms with E-state index in [1.807, 2.05) is 30.3 Å². The van der Waals surface area contributed by atoms with Crippen LogP contribution in [-0.4, -0.2) is 156 Å². The molecule has 0 unspecified atom stereocenters. The number of carbonyl (C=O) groups excluding carboxylic acids is 7. The van der Waals surface area contributed by atoms with Gasteiger partial charge in [0.25, 0.3) is 11.8 Å². The Labute approximate surface area is 522 Å². The second kappa shape index (κ2) is 26.5. The number of esters is 4. The van der Waals surface area contributed by atoms with E-state index in [0.29, 0.717) is 0 Å². The molecule has 6 aliphatic rings. The number of oxime groups is 1. The number of imide groups is 1. The Hall–Kier alpha value is -8.88. The van der Waals surface area contributed by atoms with Crippen molar-refractivity contribution in [3.63, 3.8) is 0 Å². The number of amides is 2. The lowest BCUT2D eigenvalue weighted by Gasteiger charge is -2.47. The molecule has 23 nitrogen and oxygen atoms in total. The standard InChI is InChI=1S/C68H64N2O21/c1-38(71)80-46(51-56-57(90-68(4,5)89-56)66(85-51)79-36-39-23-11-6-12-24-39)35-47-53-55(88-67(2,3)87-53)50(70-58(72)44-33-21-22-34-45(44)59(70)73)65(81-47)86-64-49(69-91-63(77)43-31-19-10-20-32-43)54(84-62(76)42-29-17-9-18-30-42)52(83-61(75)41-27-15-8-16-28-41)48(82-64)37-78-60(74)40-25-13-7-14-26-40/h6-34,46-48,50-57,64-66H,35-37H2,1-5H3/b69-49+/t46-,47-,48-,50-,51-,52-,53+,54-,55-,56-,57-,64+,65+,66-/m1/s1. The fourth-order valence-corrected chi connectivity index (χ4v) is 12.0. The van der Waals surface area contributed by atoms with Crippen molar-refractivity contribution in [3.05, 3.63) is 215 Å². The van der Waals surface area contributed by atoms with Crippen molar-refractivity contribution in [3.8, 4) is 0 Å². The highest BCUT2D eigenvalue weighted by Crippen LogP contribution is 2.47. The van der Waals surface area contributed by atoms with Gasteiger partial charge in [0.05, 0.1) is 46.1 Å². The van der Waals surface area contributed by atoms with Crippen LogP contribution in [0.4, 0.5) is 0 Å². The fraction of sp³-hybridized carbons (Fsp3) is 0.353. The average Bonchev–Trinajstić information content (AvgIpc) is 1.64. The molecular weight excluding hydrogens is 1180 g/mol. The molecule has 0 radical (unpaired) electrons. The number of nitrogens with zero attached hydrogens (tertiary/aromatic N) is 2. The lowest BCUT2D eigenvalue weighted by Crippen LogP contribution is -2.67. The number of benzene rings is 6. The maximum Gasteiger partial charge on any atom is 0.365 e. The molecule has 0 saturated carbocycles. The van der Waals surface area contributed by atoms with Crippen LogP contribution in [0.5, 0.6) is 0 Å². The summed E-state index contributed by atoms with van der Waals surface area (Å²) in [6, 6.07) is 45.2. The molecule has 0 aromatic heterocycles. The minimum absolute atomic E-state index is 0.00979. The predicted octanol–water partition coefficient (Wildman–Crippen LogP) is 7.94. The van der Waals surface area contributed by atoms with Crippen LogP contribution in [0.15, 0.2) is 181 Å². The summed E-state index contributed by atoms with van der Waals surface area (Å²) in [6.07, 6.45) is -18.7. The van der Waals surface area contributed by atoms with Gasteiger partial charge in [0, 0.05) is 13.3 Å². The molecule has 6 aromatic rings. The molecule has 5 saturated heterocycles. The zero-order valence-electron chi connectivity index (χ0n) is 49.9. The lowest BCUT2D eigenvalue weighted by atomic mass is 9.90. The van der Waals surface area contributed by atoms with Crippen molar-refractivity contribution in [1.29, 1.82) is 0 Å². The van der Waals surface area contributed by atoms with E-state index in [4.69, 9.17) is 66.4 Å². The second-order valence-corrected chi connectivity index (χ2v) is 23.1. The van der Waals surface area contributed by atoms with Gasteiger partial charge in [-0.05, 0) is 93.9 Å². The Balaban J connectivity index is 0.974. The molecule has 0 bridgehead atoms. The minimum atomic E-state index is -2.10. The molecule has 12 rings (SSSR count). The Morgan fingerprint density at radius 1 is 0.538 bits per heavy atom. The highest BCUT2D eigenvalue weighted by atomic mass is 16.8. The molecule has 0 spiro atoms. The van der Waals surface area contributed by atoms with Gasteiger partial charge in [-0.3, -0.25) is 19.3 Å². The van der Waals surface area contributed by atoms with E-state index in [2.05, 4.69) is 5.16 Å². The van der Waals surface area contributed by atoms with Gasteiger partial charge in [0.15, 0.2) is 42.1 Å². The monoisotopic (exact) mass is 1240 g/mol. The van der Waals surface area contributed by atoms with E-state index in [0.717, 1.165) is 10.5 Å². The maximum absolute atomic E-state index is 15.0. The van der Waals surface area contributed by atoms with Crippen LogP contribution in [0.3, 0.4) is 0 Å². The van der Waals surface area contributed by atoms with Gasteiger partial charge in [-0.15, -0.1) is 0 Å². The first-order valence-electron chi connectivity index (χ1n) is 29.6. The van der Waals surface area contributed by atoms with Crippen molar-refractivity contribution in [2.45, 2.75) is 145 Å². The number of hydrogen-bond acceptors (Lipinski definition) is 22. The van der Waals surface area contributed by atoms with Crippen molar-refractivity contribution >= 4 is 47.4 Å². The van der Waals surface area contributed by atoms with Crippen LogP contribution in [0.25, 0.3) is 0 Å². The van der Waals surface area contributed by atoms with Gasteiger partial charge in [-0.2, -0.15) is 0 Å². The molecule has 472 valence electrons. The summed E-state index contributed by atoms with van der Waals surface area (Å²) >= 11 is 0. The van der Waals surface area contributed by atoms with E-state index in [9.17, 15) is 33.6 Å². The molecule has 0 aliphatic carbocycles. The van der Waals surface area contributed by atoms with Gasteiger partial charge in [-0.25, -0.2) is 19.2 Å². The zero-order valence-corrected chi connectivity index (χ0v) is 49.9. The Morgan fingerprint density at radius 3 is 1.60 bits per heavy atom. The highest BCUT2D eigenvalue weighted by Gasteiger charge is 2.64. The maximum atomic E-state index is 15.0. The van der Waals surface area contributed by atoms with Gasteiger partial charge in [0.1, 0.15) is 55.4 Å². The number of fused-ring (bicyclic) bond motifs is 3. The highest BCUT2D eigenvalue weighted by molar-refractivity contribution is 6.21. The molecule has 91 heavy (non-hydrogen) atoms. The topological polar surface area (TPSA) is 264 Å². The van der Waals surface area contributed by atoms with E-state index in [1.165, 1.54) is 67.6 Å². The average molecular weight is 1250 g/mol. The Morgan fingerprint density at radius 2 is 1.03 bits per heavy atom. The van der Waals surface area contributed by atoms with E-state index in [1.54, 1.807) is 113 Å². The first kappa shape index (κ1) is 62.3. The summed E-state index contributed by atoms with van der Waals surface area (Å²) in [4.78, 5) is 107. The van der Waals surface area contributed by atoms with Gasteiger partial charge in [0.2, 0.25) is 6.29 Å². The van der Waals surface area contributed by atoms with Crippen molar-refractivity contribution in [1.82, 2.24) is 4.90 Å². The molecule has 5 fully saturated rings. The van der Waals surface area contributed by atoms with Crippen LogP contribution in [-0.2, 0) is 77.8 Å². The Kier molecular flexibility index (Phi) is 18.2. The summed E-state index contributed by atoms with van der Waals surface area (Å²) in [5, 5.41) is 4.32. The third-order valence-electron chi connectivity index (χ3n) is 15.9. The van der Waals surface area contributed by atoms with Crippen LogP contribution >= 0.6 is 0 Å². The summed E-state index contributed by atoms with van der Waals surface area (Å²) in [5.74, 6) is -8.72. The molecule has 0 N–H and O–H groups in total. The second-order valence-electron chi connectivity index (χ2n) is 23.1. The first-order chi connectivity index (χ1) is 43.9. The smallest absolute Gasteiger partial charge is 0.365 e. The number of ether oxygens (including phenoxy) is 13. The van der Waals surface area contributed by atoms with Crippen LogP contribution in [0.1, 0.15) is 109 Å². The number of rotatable bonds is 19. The Bertz CT molecular complexity index is 3630. The quantitative estimate of drug-likeness (QED) is 0.0245. The lowest BCUT2D eigenvalue weighted by molar-refractivity contribution is -0.312. The van der Waals surface area contributed by atoms with Gasteiger partial charge >= 0.3 is 29.8 Å². The van der Waals surface area contributed by atoms with Crippen molar-refractivity contribution in [2.75, 3.05) is 6.61 Å². The summed E-state index contributed by atoms with van der Waals surface area (Å²) in [6.45, 7) is 7.29. The van der Waals surface area contributed by atoms with Crippen LogP contribution < -0.4 is 0 Å². The van der Waals surface area contributed by atoms with Crippen molar-refractivity contribution < 1.29 is 100.0 Å². The van der Waals surface area contributed by atoms with E-state index in [-0.39, 0.29) is 46.4 Å². The first-order valence-corrected chi connectivity index (χ1v) is 29.6. The normalized spacial score (nSPS) is 28.5. The summed E-state index contributed by atoms with van der Waals surface area (Å²) in [7, 11) is 0. The van der Waals surface area contributed by atoms with Crippen LogP contribution in [0, 0.1) is 0 Å². The summed E-state index contributed by atoms with van der Waals surface area (Å²) < 4.78 is 84.9. The van der Waals surface area contributed by atoms with E-state index >= 15 is 0 Å². The van der Waals surface area contributed by atoms with Crippen molar-refractivity contribution in [2.24, 2.45) is 5.16 Å². The molecule has 23 heteroatoms. The van der Waals surface area contributed by atoms with E-state index < -0.39 is 152 Å². The predicted molar refractivity (Wildman–Crippen MR) is 314 cm³/mol. The SMILES string of the molecule is CC(=O)O[C@H](C[C@H]1O[C@@H](O[C@@H]2O[C@H](COC(=O)c3ccccc3)[C@@H](OC(=O)c3ccccc3)[C@H](OC(=O)c3ccccc3)/C2=N\OC(=O)c2ccccc2)[C@H](N2C(=O)c3ccccc3C2=O)[C@H]2OC(C)(C)O[C@H]21)[C@H]1O[C@@H](OCc2ccccc2)[C@@H]2OC(C)(C)O[C@@H]21. The molecule has 6 aliphatic heterocycles. The molecule has 6 aromatic carbocycles. The zero-order chi connectivity index (χ0) is 63.6. The largest absolute Gasteiger partial charge is 0.460 e. The molecule has 2 amide bonds. The minimum Gasteiger partial charge on any atom is -0.460 e. The molecule has 6 heterocycles. The molecular formula is C68H64N2O21. The molecule has 14 atom stereocenters. The third kappa shape index (κ3) is 13.6. The number of carbonyl (C=O) groups is 7.